The maximum atomic E-state index is 10.8. The van der Waals surface area contributed by atoms with Gasteiger partial charge in [0.1, 0.15) is 0 Å². The monoisotopic (exact) mass is 422 g/mol. The highest BCUT2D eigenvalue weighted by atomic mass is 35.5. The average molecular weight is 424 g/mol. The minimum absolute atomic E-state index is 0.448. The van der Waals surface area contributed by atoms with Crippen LogP contribution in [0.3, 0.4) is 0 Å². The van der Waals surface area contributed by atoms with Crippen molar-refractivity contribution in [2.45, 2.75) is 25.9 Å². The first-order chi connectivity index (χ1) is 13.0. The van der Waals surface area contributed by atoms with E-state index in [1.807, 2.05) is 30.3 Å². The Balaban J connectivity index is 2.07. The lowest BCUT2D eigenvalue weighted by Crippen LogP contribution is -2.22. The van der Waals surface area contributed by atoms with E-state index in [1.54, 1.807) is 12.1 Å². The zero-order valence-corrected chi connectivity index (χ0v) is 17.2. The highest BCUT2D eigenvalue weighted by Gasteiger charge is 2.17. The van der Waals surface area contributed by atoms with Gasteiger partial charge in [0, 0.05) is 27.5 Å². The normalized spacial score (nSPS) is 12.5. The molecule has 0 aliphatic heterocycles. The third-order valence-electron chi connectivity index (χ3n) is 4.41. The number of pyridine rings is 1. The molecular formula is C21H21Cl3N2O. The molecule has 1 atom stereocenters. The van der Waals surface area contributed by atoms with Gasteiger partial charge < -0.3 is 10.4 Å². The van der Waals surface area contributed by atoms with E-state index in [2.05, 4.69) is 12.2 Å². The van der Waals surface area contributed by atoms with Crippen molar-refractivity contribution < 1.29 is 5.11 Å². The zero-order valence-electron chi connectivity index (χ0n) is 15.0. The van der Waals surface area contributed by atoms with E-state index >= 15 is 0 Å². The molecule has 2 aromatic carbocycles. The molecule has 2 N–H and O–H groups in total. The van der Waals surface area contributed by atoms with Crippen molar-refractivity contribution in [3.05, 3.63) is 63.1 Å². The van der Waals surface area contributed by atoms with Gasteiger partial charge in [-0.05, 0) is 48.9 Å². The van der Waals surface area contributed by atoms with Crippen LogP contribution in [-0.4, -0.2) is 23.2 Å². The van der Waals surface area contributed by atoms with Crippen molar-refractivity contribution in [3.8, 4) is 11.3 Å². The Morgan fingerprint density at radius 1 is 1.04 bits per heavy atom. The van der Waals surface area contributed by atoms with Gasteiger partial charge in [-0.1, -0.05) is 60.3 Å². The minimum atomic E-state index is -0.701. The first-order valence-electron chi connectivity index (χ1n) is 8.94. The summed E-state index contributed by atoms with van der Waals surface area (Å²) in [4.78, 5) is 4.70. The smallest absolute Gasteiger partial charge is 0.0921 e. The van der Waals surface area contributed by atoms with E-state index in [1.165, 1.54) is 0 Å². The lowest BCUT2D eigenvalue weighted by atomic mass is 10.00. The highest BCUT2D eigenvalue weighted by molar-refractivity contribution is 6.38. The van der Waals surface area contributed by atoms with Crippen molar-refractivity contribution in [1.29, 1.82) is 0 Å². The molecule has 3 nitrogen and oxygen atoms in total. The van der Waals surface area contributed by atoms with Crippen LogP contribution in [0.25, 0.3) is 22.2 Å². The summed E-state index contributed by atoms with van der Waals surface area (Å²) in [7, 11) is 0. The molecule has 6 heteroatoms. The number of nitrogens with zero attached hydrogens (tertiary/aromatic N) is 1. The molecule has 0 saturated carbocycles. The summed E-state index contributed by atoms with van der Waals surface area (Å²) in [5.41, 5.74) is 3.00. The summed E-state index contributed by atoms with van der Waals surface area (Å²) in [6.07, 6.45) is 1.47. The number of rotatable bonds is 7. The van der Waals surface area contributed by atoms with Crippen molar-refractivity contribution in [1.82, 2.24) is 10.3 Å². The zero-order chi connectivity index (χ0) is 19.4. The lowest BCUT2D eigenvalue weighted by Gasteiger charge is -2.17. The van der Waals surface area contributed by atoms with Gasteiger partial charge in [0.25, 0.3) is 0 Å². The van der Waals surface area contributed by atoms with E-state index in [0.29, 0.717) is 27.1 Å². The SMILES string of the molecule is CCCCNCC(O)c1cc(-c2ccc(Cl)cc2)nc2c(Cl)cc(Cl)cc12. The lowest BCUT2D eigenvalue weighted by molar-refractivity contribution is 0.176. The summed E-state index contributed by atoms with van der Waals surface area (Å²) < 4.78 is 0. The number of aromatic nitrogens is 1. The fraction of sp³-hybridized carbons (Fsp3) is 0.286. The Kier molecular flexibility index (Phi) is 6.96. The van der Waals surface area contributed by atoms with Gasteiger partial charge >= 0.3 is 0 Å². The van der Waals surface area contributed by atoms with E-state index in [0.717, 1.165) is 41.6 Å². The molecule has 27 heavy (non-hydrogen) atoms. The molecule has 0 bridgehead atoms. The summed E-state index contributed by atoms with van der Waals surface area (Å²) in [6, 6.07) is 12.8. The molecule has 1 aromatic heterocycles. The van der Waals surface area contributed by atoms with Crippen LogP contribution in [0.1, 0.15) is 31.4 Å². The predicted molar refractivity (Wildman–Crippen MR) is 115 cm³/mol. The molecule has 0 aliphatic rings. The second kappa shape index (κ2) is 9.22. The number of aliphatic hydroxyl groups excluding tert-OH is 1. The second-order valence-electron chi connectivity index (χ2n) is 6.46. The van der Waals surface area contributed by atoms with Crippen LogP contribution < -0.4 is 5.32 Å². The number of aliphatic hydroxyl groups is 1. The van der Waals surface area contributed by atoms with Crippen LogP contribution in [0.4, 0.5) is 0 Å². The molecule has 1 unspecified atom stereocenters. The Morgan fingerprint density at radius 3 is 2.48 bits per heavy atom. The van der Waals surface area contributed by atoms with Crippen LogP contribution >= 0.6 is 34.8 Å². The van der Waals surface area contributed by atoms with Gasteiger partial charge in [-0.3, -0.25) is 0 Å². The van der Waals surface area contributed by atoms with E-state index in [9.17, 15) is 5.11 Å². The number of hydrogen-bond acceptors (Lipinski definition) is 3. The standard InChI is InChI=1S/C21H21Cl3N2O/c1-2-3-8-25-12-20(27)16-11-19(13-4-6-14(22)7-5-13)26-21-17(16)9-15(23)10-18(21)24/h4-7,9-11,20,25,27H,2-3,8,12H2,1H3. The van der Waals surface area contributed by atoms with Crippen molar-refractivity contribution in [3.63, 3.8) is 0 Å². The van der Waals surface area contributed by atoms with Crippen molar-refractivity contribution in [2.75, 3.05) is 13.1 Å². The molecule has 0 amide bonds. The van der Waals surface area contributed by atoms with Gasteiger partial charge in [-0.2, -0.15) is 0 Å². The van der Waals surface area contributed by atoms with E-state index in [-0.39, 0.29) is 0 Å². The number of nitrogens with one attached hydrogen (secondary N) is 1. The first-order valence-corrected chi connectivity index (χ1v) is 10.1. The largest absolute Gasteiger partial charge is 0.387 e. The first kappa shape index (κ1) is 20.4. The minimum Gasteiger partial charge on any atom is -0.387 e. The quantitative estimate of drug-likeness (QED) is 0.439. The number of fused-ring (bicyclic) bond motifs is 1. The van der Waals surface area contributed by atoms with Gasteiger partial charge in [-0.15, -0.1) is 0 Å². The van der Waals surface area contributed by atoms with E-state index in [4.69, 9.17) is 39.8 Å². The molecular weight excluding hydrogens is 403 g/mol. The predicted octanol–water partition coefficient (Wildman–Crippen LogP) is 6.29. The number of unbranched alkanes of at least 4 members (excludes halogenated alkanes) is 1. The summed E-state index contributed by atoms with van der Waals surface area (Å²) in [5.74, 6) is 0. The fourth-order valence-corrected chi connectivity index (χ4v) is 3.63. The molecule has 0 saturated heterocycles. The maximum Gasteiger partial charge on any atom is 0.0921 e. The number of benzene rings is 2. The van der Waals surface area contributed by atoms with Crippen LogP contribution in [0.2, 0.25) is 15.1 Å². The average Bonchev–Trinajstić information content (AvgIpc) is 2.65. The Labute approximate surface area is 174 Å². The van der Waals surface area contributed by atoms with Gasteiger partial charge in [0.15, 0.2) is 0 Å². The molecule has 142 valence electrons. The fourth-order valence-electron chi connectivity index (χ4n) is 2.97. The van der Waals surface area contributed by atoms with Crippen molar-refractivity contribution >= 4 is 45.7 Å². The number of halogens is 3. The van der Waals surface area contributed by atoms with Crippen LogP contribution in [0.5, 0.6) is 0 Å². The molecule has 0 radical (unpaired) electrons. The Morgan fingerprint density at radius 2 is 1.78 bits per heavy atom. The van der Waals surface area contributed by atoms with Crippen LogP contribution in [0, 0.1) is 0 Å². The molecule has 0 fully saturated rings. The summed E-state index contributed by atoms with van der Waals surface area (Å²) >= 11 is 18.6. The van der Waals surface area contributed by atoms with Crippen LogP contribution in [-0.2, 0) is 0 Å². The Bertz CT molecular complexity index is 929. The highest BCUT2D eigenvalue weighted by Crippen LogP contribution is 2.34. The molecule has 3 aromatic rings. The second-order valence-corrected chi connectivity index (χ2v) is 7.74. The third-order valence-corrected chi connectivity index (χ3v) is 5.17. The summed E-state index contributed by atoms with van der Waals surface area (Å²) in [6.45, 7) is 3.45. The third kappa shape index (κ3) is 4.92. The molecule has 3 rings (SSSR count). The number of hydrogen-bond donors (Lipinski definition) is 2. The molecule has 0 spiro atoms. The maximum absolute atomic E-state index is 10.8. The molecule has 1 heterocycles. The van der Waals surface area contributed by atoms with Gasteiger partial charge in [0.2, 0.25) is 0 Å². The van der Waals surface area contributed by atoms with Gasteiger partial charge in [0.05, 0.1) is 22.3 Å². The van der Waals surface area contributed by atoms with Crippen molar-refractivity contribution in [2.24, 2.45) is 0 Å². The Hall–Kier alpha value is -1.36. The summed E-state index contributed by atoms with van der Waals surface area (Å²) in [5, 5.41) is 16.5. The molecule has 0 aliphatic carbocycles. The van der Waals surface area contributed by atoms with E-state index < -0.39 is 6.10 Å². The van der Waals surface area contributed by atoms with Gasteiger partial charge in [-0.25, -0.2) is 4.98 Å². The van der Waals surface area contributed by atoms with Crippen LogP contribution in [0.15, 0.2) is 42.5 Å². The topological polar surface area (TPSA) is 45.1 Å².